The third kappa shape index (κ3) is 7.82. The molecule has 32 heavy (non-hydrogen) atoms. The zero-order chi connectivity index (χ0) is 23.1. The predicted molar refractivity (Wildman–Crippen MR) is 134 cm³/mol. The fourth-order valence-electron chi connectivity index (χ4n) is 4.02. The van der Waals surface area contributed by atoms with Crippen LogP contribution in [0.5, 0.6) is 5.75 Å². The minimum atomic E-state index is -0.498. The summed E-state index contributed by atoms with van der Waals surface area (Å²) in [6, 6.07) is 14.3. The molecule has 2 aromatic carbocycles. The number of methoxy groups -OCH3 is 1. The fourth-order valence-corrected chi connectivity index (χ4v) is 4.43. The molecule has 5 nitrogen and oxygen atoms in total. The highest BCUT2D eigenvalue weighted by Crippen LogP contribution is 2.28. The maximum atomic E-state index is 11.9. The normalized spacial score (nSPS) is 15.4. The largest absolute Gasteiger partial charge is 0.497 e. The van der Waals surface area contributed by atoms with Crippen molar-refractivity contribution in [2.24, 2.45) is 5.92 Å². The van der Waals surface area contributed by atoms with Gasteiger partial charge in [0.1, 0.15) is 11.4 Å². The fraction of sp³-hybridized carbons (Fsp3) is 0.500. The standard InChI is InChI=1S/C26H35BrN2O3/c1-26(2,3)32-25(30)28-22-7-5-19(6-8-22)11-14-29-15-12-20(13-16-29)17-21-18-23(31-4)9-10-24(21)27/h5-10,18,20H,11-17H2,1-4H3,(H,28,30). The van der Waals surface area contributed by atoms with Crippen LogP contribution in [0.4, 0.5) is 10.5 Å². The minimum Gasteiger partial charge on any atom is -0.497 e. The maximum Gasteiger partial charge on any atom is 0.412 e. The smallest absolute Gasteiger partial charge is 0.412 e. The van der Waals surface area contributed by atoms with Gasteiger partial charge in [-0.2, -0.15) is 0 Å². The van der Waals surface area contributed by atoms with Gasteiger partial charge in [0.15, 0.2) is 0 Å². The second-order valence-electron chi connectivity index (χ2n) is 9.52. The third-order valence-electron chi connectivity index (χ3n) is 5.78. The lowest BCUT2D eigenvalue weighted by Gasteiger charge is -2.32. The van der Waals surface area contributed by atoms with Crippen molar-refractivity contribution in [3.63, 3.8) is 0 Å². The van der Waals surface area contributed by atoms with E-state index in [4.69, 9.17) is 9.47 Å². The summed E-state index contributed by atoms with van der Waals surface area (Å²) in [7, 11) is 1.72. The summed E-state index contributed by atoms with van der Waals surface area (Å²) in [4.78, 5) is 14.4. The summed E-state index contributed by atoms with van der Waals surface area (Å²) in [6.45, 7) is 8.92. The van der Waals surface area contributed by atoms with Crippen LogP contribution in [0.2, 0.25) is 0 Å². The van der Waals surface area contributed by atoms with Crippen LogP contribution in [0.3, 0.4) is 0 Å². The molecule has 1 aliphatic heterocycles. The molecule has 3 rings (SSSR count). The Kier molecular flexibility index (Phi) is 8.60. The monoisotopic (exact) mass is 502 g/mol. The lowest BCUT2D eigenvalue weighted by Crippen LogP contribution is -2.35. The summed E-state index contributed by atoms with van der Waals surface area (Å²) in [6.07, 6.45) is 4.13. The van der Waals surface area contributed by atoms with Gasteiger partial charge < -0.3 is 14.4 Å². The summed E-state index contributed by atoms with van der Waals surface area (Å²) in [5.41, 5.74) is 2.87. The number of carbonyl (C=O) groups excluding carboxylic acids is 1. The number of rotatable bonds is 7. The van der Waals surface area contributed by atoms with Gasteiger partial charge >= 0.3 is 6.09 Å². The number of ether oxygens (including phenoxy) is 2. The van der Waals surface area contributed by atoms with Crippen molar-refractivity contribution in [3.05, 3.63) is 58.1 Å². The van der Waals surface area contributed by atoms with E-state index in [9.17, 15) is 4.79 Å². The highest BCUT2D eigenvalue weighted by atomic mass is 79.9. The van der Waals surface area contributed by atoms with E-state index in [1.807, 2.05) is 39.0 Å². The summed E-state index contributed by atoms with van der Waals surface area (Å²) >= 11 is 3.68. The number of halogens is 1. The number of hydrogen-bond donors (Lipinski definition) is 1. The van der Waals surface area contributed by atoms with Crippen LogP contribution < -0.4 is 10.1 Å². The lowest BCUT2D eigenvalue weighted by atomic mass is 9.90. The molecule has 1 N–H and O–H groups in total. The van der Waals surface area contributed by atoms with Crippen molar-refractivity contribution in [1.29, 1.82) is 0 Å². The highest BCUT2D eigenvalue weighted by molar-refractivity contribution is 9.10. The quantitative estimate of drug-likeness (QED) is 0.482. The Bertz CT molecular complexity index is 885. The van der Waals surface area contributed by atoms with Crippen LogP contribution >= 0.6 is 15.9 Å². The molecule has 1 amide bonds. The summed E-state index contributed by atoms with van der Waals surface area (Å²) in [5.74, 6) is 1.64. The van der Waals surface area contributed by atoms with E-state index in [2.05, 4.69) is 50.4 Å². The van der Waals surface area contributed by atoms with Gasteiger partial charge in [0.2, 0.25) is 0 Å². The van der Waals surface area contributed by atoms with Crippen LogP contribution in [0.15, 0.2) is 46.9 Å². The second-order valence-corrected chi connectivity index (χ2v) is 10.4. The number of anilines is 1. The molecule has 0 radical (unpaired) electrons. The number of benzene rings is 2. The van der Waals surface area contributed by atoms with Crippen molar-refractivity contribution in [3.8, 4) is 5.75 Å². The van der Waals surface area contributed by atoms with Crippen molar-refractivity contribution in [2.75, 3.05) is 32.1 Å². The molecule has 0 aliphatic carbocycles. The first-order chi connectivity index (χ1) is 15.2. The van der Waals surface area contributed by atoms with Crippen LogP contribution in [0.1, 0.15) is 44.7 Å². The van der Waals surface area contributed by atoms with Gasteiger partial charge in [-0.3, -0.25) is 5.32 Å². The molecule has 2 aromatic rings. The molecule has 0 unspecified atom stereocenters. The van der Waals surface area contributed by atoms with Gasteiger partial charge in [-0.25, -0.2) is 4.79 Å². The zero-order valence-electron chi connectivity index (χ0n) is 19.6. The van der Waals surface area contributed by atoms with Gasteiger partial charge in [0.25, 0.3) is 0 Å². The highest BCUT2D eigenvalue weighted by Gasteiger charge is 2.20. The third-order valence-corrected chi connectivity index (χ3v) is 6.56. The van der Waals surface area contributed by atoms with Gasteiger partial charge in [-0.05, 0) is 107 Å². The Balaban J connectivity index is 1.41. The molecule has 6 heteroatoms. The van der Waals surface area contributed by atoms with E-state index in [0.29, 0.717) is 5.92 Å². The SMILES string of the molecule is COc1ccc(Br)c(CC2CCN(CCc3ccc(NC(=O)OC(C)(C)C)cc3)CC2)c1. The van der Waals surface area contributed by atoms with E-state index < -0.39 is 11.7 Å². The van der Waals surface area contributed by atoms with Crippen LogP contribution in [-0.2, 0) is 17.6 Å². The van der Waals surface area contributed by atoms with Crippen LogP contribution in [-0.4, -0.2) is 43.3 Å². The number of hydrogen-bond acceptors (Lipinski definition) is 4. The van der Waals surface area contributed by atoms with E-state index in [-0.39, 0.29) is 0 Å². The van der Waals surface area contributed by atoms with Gasteiger partial charge in [-0.15, -0.1) is 0 Å². The molecule has 174 valence electrons. The number of carbonyl (C=O) groups is 1. The first kappa shape index (κ1) is 24.6. The molecule has 1 saturated heterocycles. The Morgan fingerprint density at radius 1 is 1.12 bits per heavy atom. The average Bonchev–Trinajstić information content (AvgIpc) is 2.74. The summed E-state index contributed by atoms with van der Waals surface area (Å²) < 4.78 is 11.8. The molecule has 1 fully saturated rings. The van der Waals surface area contributed by atoms with Crippen molar-refractivity contribution < 1.29 is 14.3 Å². The van der Waals surface area contributed by atoms with E-state index >= 15 is 0 Å². The van der Waals surface area contributed by atoms with E-state index in [0.717, 1.165) is 43.9 Å². The zero-order valence-corrected chi connectivity index (χ0v) is 21.2. The Hall–Kier alpha value is -2.05. The molecule has 0 atom stereocenters. The number of likely N-dealkylation sites (tertiary alicyclic amines) is 1. The first-order valence-corrected chi connectivity index (χ1v) is 12.1. The number of nitrogens with zero attached hydrogens (tertiary/aromatic N) is 1. The minimum absolute atomic E-state index is 0.422. The molecule has 0 bridgehead atoms. The Morgan fingerprint density at radius 3 is 2.44 bits per heavy atom. The van der Waals surface area contributed by atoms with Crippen molar-refractivity contribution >= 4 is 27.7 Å². The van der Waals surface area contributed by atoms with Crippen molar-refractivity contribution in [1.82, 2.24) is 4.90 Å². The predicted octanol–water partition coefficient (Wildman–Crippen LogP) is 6.30. The van der Waals surface area contributed by atoms with Gasteiger partial charge in [0.05, 0.1) is 7.11 Å². The molecular formula is C26H35BrN2O3. The van der Waals surface area contributed by atoms with Crippen LogP contribution in [0, 0.1) is 5.92 Å². The molecule has 0 saturated carbocycles. The van der Waals surface area contributed by atoms with Gasteiger partial charge in [-0.1, -0.05) is 28.1 Å². The Labute approximate surface area is 200 Å². The topological polar surface area (TPSA) is 50.8 Å². The molecular weight excluding hydrogens is 468 g/mol. The number of nitrogens with one attached hydrogen (secondary N) is 1. The van der Waals surface area contributed by atoms with Crippen LogP contribution in [0.25, 0.3) is 0 Å². The number of piperidine rings is 1. The molecule has 0 spiro atoms. The second kappa shape index (κ2) is 11.2. The molecule has 1 heterocycles. The van der Waals surface area contributed by atoms with Crippen molar-refractivity contribution in [2.45, 2.75) is 52.1 Å². The molecule has 1 aliphatic rings. The first-order valence-electron chi connectivity index (χ1n) is 11.4. The number of amides is 1. The van der Waals surface area contributed by atoms with E-state index in [1.54, 1.807) is 7.11 Å². The Morgan fingerprint density at radius 2 is 1.81 bits per heavy atom. The van der Waals surface area contributed by atoms with Gasteiger partial charge in [0, 0.05) is 16.7 Å². The lowest BCUT2D eigenvalue weighted by molar-refractivity contribution is 0.0636. The summed E-state index contributed by atoms with van der Waals surface area (Å²) in [5, 5.41) is 2.78. The molecule has 0 aromatic heterocycles. The maximum absolute atomic E-state index is 11.9. The van der Waals surface area contributed by atoms with E-state index in [1.165, 1.54) is 28.4 Å². The average molecular weight is 503 g/mol.